The second-order valence-corrected chi connectivity index (χ2v) is 39.2. The highest BCUT2D eigenvalue weighted by Gasteiger charge is 2.59. The Bertz CT molecular complexity index is 2830. The fourth-order valence-electron chi connectivity index (χ4n) is 17.5. The van der Waals surface area contributed by atoms with Gasteiger partial charge in [-0.25, -0.2) is 4.79 Å². The lowest BCUT2D eigenvalue weighted by Gasteiger charge is -2.58. The largest absolute Gasteiger partial charge is 0.446 e. The highest BCUT2D eigenvalue weighted by Crippen LogP contribution is 2.67. The topological polar surface area (TPSA) is 249 Å². The lowest BCUT2D eigenvalue weighted by atomic mass is 9.47. The van der Waals surface area contributed by atoms with E-state index in [1.165, 1.54) is 133 Å². The van der Waals surface area contributed by atoms with Crippen molar-refractivity contribution >= 4 is 47.4 Å². The van der Waals surface area contributed by atoms with Gasteiger partial charge in [0.05, 0.1) is 39.6 Å². The average Bonchev–Trinajstić information content (AvgIpc) is 1.41. The van der Waals surface area contributed by atoms with Crippen molar-refractivity contribution in [3.05, 3.63) is 23.8 Å². The molecule has 0 aromatic heterocycles. The van der Waals surface area contributed by atoms with Crippen LogP contribution in [0.25, 0.3) is 0 Å². The molecule has 8 amide bonds. The van der Waals surface area contributed by atoms with E-state index >= 15 is 0 Å². The molecule has 19 nitrogen and oxygen atoms in total. The van der Waals surface area contributed by atoms with Crippen LogP contribution in [0, 0.1) is 78.8 Å². The molecule has 0 radical (unpaired) electrons. The molecule has 6 N–H and O–H groups in total. The van der Waals surface area contributed by atoms with Gasteiger partial charge in [0, 0.05) is 111 Å². The number of amides is 8. The van der Waals surface area contributed by atoms with E-state index in [1.807, 2.05) is 69.2 Å². The number of carbonyl (C=O) groups is 8. The molecule has 5 rings (SSSR count). The Kier molecular flexibility index (Phi) is 37.3. The summed E-state index contributed by atoms with van der Waals surface area (Å²) in [6.45, 7) is 42.1. The summed E-state index contributed by atoms with van der Waals surface area (Å²) in [5.41, 5.74) is -0.764. The Morgan fingerprint density at radius 1 is 0.509 bits per heavy atom. The standard InChI is InChI=1S/C87H153N7O12/c1-19-20-21-22-23-24-25-26-27-28-29-30-31-35-72(95)88-52-81(7,8)59-104-60-82(9,10)53-89-73(96)41-40-71(93-75(98)51-80(5,6)57-103-58-83(11,12)54-90-74(97)46-49-94-76(99)42-43-77(94)100)78(101)91-55-84(13,14)61-105-62-85(15,16)56-92-79(102)106-66-44-47-86(17)65(50-66)36-37-67-69-39-38-68(64(4)34-32-33-63(2)3)87(69,18)48-45-70(67)86/h36,42-43,63-64,66-71H,19-35,37-41,44-62H2,1-18H3,(H,88,95)(H,89,96)(H,90,97)(H,91,101)(H,92,102)(H,93,98)/t64-,66+,67+,68-,69+,70+,71+,86+,87-/m1/s1. The van der Waals surface area contributed by atoms with Gasteiger partial charge in [0.15, 0.2) is 0 Å². The van der Waals surface area contributed by atoms with Gasteiger partial charge in [0.2, 0.25) is 29.5 Å². The number of imide groups is 1. The van der Waals surface area contributed by atoms with Crippen LogP contribution in [0.15, 0.2) is 23.8 Å². The number of nitrogens with zero attached hydrogens (tertiary/aromatic N) is 1. The summed E-state index contributed by atoms with van der Waals surface area (Å²) in [5, 5.41) is 18.1. The quantitative estimate of drug-likeness (QED) is 0.0189. The predicted molar refractivity (Wildman–Crippen MR) is 425 cm³/mol. The fourth-order valence-corrected chi connectivity index (χ4v) is 17.5. The minimum absolute atomic E-state index is 0.0113. The second-order valence-electron chi connectivity index (χ2n) is 39.2. The molecular formula is C87H153N7O12. The smallest absolute Gasteiger partial charge is 0.407 e. The maximum atomic E-state index is 14.3. The number of rotatable bonds is 52. The van der Waals surface area contributed by atoms with E-state index in [9.17, 15) is 38.4 Å². The Balaban J connectivity index is 1.06. The molecule has 0 spiro atoms. The number of unbranched alkanes of at least 4 members (excludes halogenated alkanes) is 12. The van der Waals surface area contributed by atoms with Crippen molar-refractivity contribution < 1.29 is 57.3 Å². The second kappa shape index (κ2) is 43.1. The molecule has 608 valence electrons. The van der Waals surface area contributed by atoms with Crippen molar-refractivity contribution in [2.24, 2.45) is 78.8 Å². The summed E-state index contributed by atoms with van der Waals surface area (Å²) in [6.07, 6.45) is 34.7. The molecule has 19 heteroatoms. The molecule has 9 atom stereocenters. The number of allylic oxidation sites excluding steroid dienone is 1. The van der Waals surface area contributed by atoms with Gasteiger partial charge >= 0.3 is 6.09 Å². The Hall–Kier alpha value is -4.88. The molecule has 3 fully saturated rings. The van der Waals surface area contributed by atoms with Gasteiger partial charge in [-0.1, -0.05) is 233 Å². The molecule has 0 aromatic carbocycles. The van der Waals surface area contributed by atoms with Crippen molar-refractivity contribution in [1.82, 2.24) is 36.8 Å². The van der Waals surface area contributed by atoms with Crippen LogP contribution in [-0.4, -0.2) is 143 Å². The van der Waals surface area contributed by atoms with Crippen molar-refractivity contribution in [2.75, 3.05) is 78.9 Å². The molecule has 5 aliphatic rings. The van der Waals surface area contributed by atoms with Crippen LogP contribution in [0.2, 0.25) is 0 Å². The lowest BCUT2D eigenvalue weighted by molar-refractivity contribution is -0.137. The van der Waals surface area contributed by atoms with Crippen LogP contribution in [0.3, 0.4) is 0 Å². The van der Waals surface area contributed by atoms with Gasteiger partial charge in [0.1, 0.15) is 12.1 Å². The Morgan fingerprint density at radius 3 is 1.50 bits per heavy atom. The third-order valence-electron chi connectivity index (χ3n) is 24.2. The van der Waals surface area contributed by atoms with E-state index < -0.39 is 56.9 Å². The number of fused-ring (bicyclic) bond motifs is 5. The number of ether oxygens (including phenoxy) is 4. The minimum Gasteiger partial charge on any atom is -0.446 e. The molecule has 0 bridgehead atoms. The van der Waals surface area contributed by atoms with E-state index in [0.717, 1.165) is 73.0 Å². The van der Waals surface area contributed by atoms with Crippen molar-refractivity contribution in [1.29, 1.82) is 0 Å². The lowest BCUT2D eigenvalue weighted by Crippen LogP contribution is -2.51. The zero-order valence-electron chi connectivity index (χ0n) is 70.2. The van der Waals surface area contributed by atoms with E-state index in [-0.39, 0.29) is 99.1 Å². The normalized spacial score (nSPS) is 22.6. The SMILES string of the molecule is CCCCCCCCCCCCCCCC(=O)NCC(C)(C)COCC(C)(C)CNC(=O)CC[C@H](NC(=O)CC(C)(C)COCC(C)(C)CNC(=O)CCN1C(=O)C=CC1=O)C(=O)NCC(C)(C)COCC(C)(C)CNC(=O)O[C@H]1CC[C@@]2(C)C(=CC[C@H]3[C@@H]4CC[C@H]([C@H](C)CCCC(C)C)[C@@]4(C)CC[C@@H]32)C1. The van der Waals surface area contributed by atoms with Gasteiger partial charge in [-0.2, -0.15) is 0 Å². The number of hydrogen-bond acceptors (Lipinski definition) is 12. The molecule has 0 saturated heterocycles. The van der Waals surface area contributed by atoms with Crippen molar-refractivity contribution in [2.45, 2.75) is 323 Å². The first-order chi connectivity index (χ1) is 49.7. The van der Waals surface area contributed by atoms with Crippen LogP contribution in [0.4, 0.5) is 4.79 Å². The first kappa shape index (κ1) is 91.7. The van der Waals surface area contributed by atoms with Gasteiger partial charge in [-0.15, -0.1) is 0 Å². The number of alkyl carbamates (subject to hydrolysis) is 1. The van der Waals surface area contributed by atoms with Crippen molar-refractivity contribution in [3.63, 3.8) is 0 Å². The Labute approximate surface area is 643 Å². The molecule has 1 aliphatic heterocycles. The van der Waals surface area contributed by atoms with E-state index in [4.69, 9.17) is 18.9 Å². The molecular weight excluding hydrogens is 1330 g/mol. The molecule has 106 heavy (non-hydrogen) atoms. The first-order valence-corrected chi connectivity index (χ1v) is 42.0. The summed E-state index contributed by atoms with van der Waals surface area (Å²) in [4.78, 5) is 106. The number of nitrogens with one attached hydrogen (secondary N) is 6. The van der Waals surface area contributed by atoms with Crippen LogP contribution >= 0.6 is 0 Å². The summed E-state index contributed by atoms with van der Waals surface area (Å²) < 4.78 is 24.9. The molecule has 0 aromatic rings. The van der Waals surface area contributed by atoms with E-state index in [2.05, 4.69) is 93.4 Å². The summed E-state index contributed by atoms with van der Waals surface area (Å²) in [7, 11) is 0. The van der Waals surface area contributed by atoms with Gasteiger partial charge in [-0.3, -0.25) is 38.5 Å². The van der Waals surface area contributed by atoms with Crippen LogP contribution < -0.4 is 31.9 Å². The minimum atomic E-state index is -1.04. The molecule has 3 saturated carbocycles. The Morgan fingerprint density at radius 2 is 0.981 bits per heavy atom. The monoisotopic (exact) mass is 1490 g/mol. The molecule has 0 unspecified atom stereocenters. The van der Waals surface area contributed by atoms with E-state index in [1.54, 1.807) is 0 Å². The van der Waals surface area contributed by atoms with Gasteiger partial charge < -0.3 is 50.8 Å². The third kappa shape index (κ3) is 32.2. The summed E-state index contributed by atoms with van der Waals surface area (Å²) >= 11 is 0. The number of carbonyl (C=O) groups excluding carboxylic acids is 8. The van der Waals surface area contributed by atoms with Gasteiger partial charge in [-0.05, 0) is 110 Å². The van der Waals surface area contributed by atoms with Crippen LogP contribution in [0.5, 0.6) is 0 Å². The third-order valence-corrected chi connectivity index (χ3v) is 24.2. The van der Waals surface area contributed by atoms with Gasteiger partial charge in [0.25, 0.3) is 11.8 Å². The highest BCUT2D eigenvalue weighted by molar-refractivity contribution is 6.13. The number of hydrogen-bond donors (Lipinski definition) is 6. The fraction of sp³-hybridized carbons (Fsp3) is 0.862. The van der Waals surface area contributed by atoms with Crippen LogP contribution in [0.1, 0.15) is 311 Å². The van der Waals surface area contributed by atoms with Crippen LogP contribution in [-0.2, 0) is 52.5 Å². The molecule has 1 heterocycles. The first-order valence-electron chi connectivity index (χ1n) is 42.0. The average molecular weight is 1490 g/mol. The zero-order chi connectivity index (χ0) is 78.6. The maximum absolute atomic E-state index is 14.3. The van der Waals surface area contributed by atoms with Crippen molar-refractivity contribution in [3.8, 4) is 0 Å². The molecule has 4 aliphatic carbocycles. The predicted octanol–water partition coefficient (Wildman–Crippen LogP) is 16.2. The maximum Gasteiger partial charge on any atom is 0.407 e. The van der Waals surface area contributed by atoms with E-state index in [0.29, 0.717) is 63.8 Å². The highest BCUT2D eigenvalue weighted by atomic mass is 16.6. The summed E-state index contributed by atoms with van der Waals surface area (Å²) in [5.74, 6) is 2.47. The zero-order valence-corrected chi connectivity index (χ0v) is 70.2. The summed E-state index contributed by atoms with van der Waals surface area (Å²) in [6, 6.07) is -1.04.